The summed E-state index contributed by atoms with van der Waals surface area (Å²) >= 11 is 5.95. The molecule has 2 rings (SSSR count). The molecule has 10 heteroatoms. The molecule has 0 aliphatic heterocycles. The van der Waals surface area contributed by atoms with E-state index in [0.717, 1.165) is 6.07 Å². The summed E-state index contributed by atoms with van der Waals surface area (Å²) in [5.74, 6) is -1.01. The van der Waals surface area contributed by atoms with Gasteiger partial charge in [0.15, 0.2) is 0 Å². The van der Waals surface area contributed by atoms with Crippen LogP contribution in [0.5, 0.6) is 5.75 Å². The molecule has 2 N–H and O–H groups in total. The molecule has 0 fully saturated rings. The second-order valence-electron chi connectivity index (χ2n) is 4.68. The predicted molar refractivity (Wildman–Crippen MR) is 88.7 cm³/mol. The molecule has 0 atom stereocenters. The Labute approximate surface area is 147 Å². The van der Waals surface area contributed by atoms with Gasteiger partial charge in [-0.1, -0.05) is 23.7 Å². The quantitative estimate of drug-likeness (QED) is 0.793. The molecule has 134 valence electrons. The molecule has 0 radical (unpaired) electrons. The van der Waals surface area contributed by atoms with Gasteiger partial charge in [-0.15, -0.1) is 0 Å². The van der Waals surface area contributed by atoms with Crippen LogP contribution in [-0.4, -0.2) is 28.0 Å². The number of hydrogen-bond donors (Lipinski definition) is 2. The molecule has 6 nitrogen and oxygen atoms in total. The number of halogens is 3. The minimum Gasteiger partial charge on any atom is -0.433 e. The third-order valence-corrected chi connectivity index (χ3v) is 4.85. The van der Waals surface area contributed by atoms with Gasteiger partial charge in [-0.2, -0.15) is 8.78 Å². The average Bonchev–Trinajstić information content (AvgIpc) is 2.56. The Morgan fingerprint density at radius 1 is 1.20 bits per heavy atom. The first-order valence-corrected chi connectivity index (χ1v) is 8.69. The number of hydrogen-bond acceptors (Lipinski definition) is 4. The van der Waals surface area contributed by atoms with E-state index < -0.39 is 22.5 Å². The van der Waals surface area contributed by atoms with Gasteiger partial charge in [0.2, 0.25) is 10.0 Å². The number of carbonyl (C=O) groups excluding carboxylic acids is 1. The second kappa shape index (κ2) is 7.77. The van der Waals surface area contributed by atoms with E-state index in [2.05, 4.69) is 14.8 Å². The number of ether oxygens (including phenoxy) is 1. The highest BCUT2D eigenvalue weighted by atomic mass is 35.5. The van der Waals surface area contributed by atoms with Crippen LogP contribution in [0.2, 0.25) is 5.02 Å². The molecule has 0 saturated carbocycles. The molecule has 0 heterocycles. The number of rotatable bonds is 6. The number of amides is 1. The van der Waals surface area contributed by atoms with Crippen molar-refractivity contribution in [3.05, 3.63) is 53.1 Å². The van der Waals surface area contributed by atoms with E-state index in [0.29, 0.717) is 0 Å². The Bertz CT molecular complexity index is 891. The largest absolute Gasteiger partial charge is 0.433 e. The van der Waals surface area contributed by atoms with Crippen LogP contribution in [0, 0.1) is 0 Å². The maximum atomic E-state index is 12.4. The van der Waals surface area contributed by atoms with Crippen molar-refractivity contribution < 1.29 is 26.7 Å². The van der Waals surface area contributed by atoms with Crippen LogP contribution in [0.15, 0.2) is 47.4 Å². The van der Waals surface area contributed by atoms with Crippen molar-refractivity contribution in [3.8, 4) is 5.75 Å². The number of sulfonamides is 1. The van der Waals surface area contributed by atoms with E-state index in [1.54, 1.807) is 0 Å². The van der Waals surface area contributed by atoms with Crippen LogP contribution in [0.1, 0.15) is 10.4 Å². The highest BCUT2D eigenvalue weighted by molar-refractivity contribution is 7.89. The zero-order valence-electron chi connectivity index (χ0n) is 12.8. The summed E-state index contributed by atoms with van der Waals surface area (Å²) in [5, 5.41) is 2.37. The molecule has 0 unspecified atom stereocenters. The molecule has 1 amide bonds. The average molecular weight is 391 g/mol. The van der Waals surface area contributed by atoms with E-state index in [9.17, 15) is 22.0 Å². The molecule has 0 aromatic heterocycles. The van der Waals surface area contributed by atoms with Crippen molar-refractivity contribution in [2.45, 2.75) is 11.5 Å². The van der Waals surface area contributed by atoms with Gasteiger partial charge in [-0.05, 0) is 37.4 Å². The number of anilines is 1. The molecule has 2 aromatic rings. The number of nitrogens with one attached hydrogen (secondary N) is 2. The molecule has 0 saturated heterocycles. The lowest BCUT2D eigenvalue weighted by Gasteiger charge is -2.13. The Kier molecular flexibility index (Phi) is 5.93. The lowest BCUT2D eigenvalue weighted by Crippen LogP contribution is -2.20. The Hall–Kier alpha value is -2.23. The topological polar surface area (TPSA) is 84.5 Å². The van der Waals surface area contributed by atoms with Crippen molar-refractivity contribution in [2.75, 3.05) is 12.4 Å². The first-order chi connectivity index (χ1) is 11.7. The first kappa shape index (κ1) is 19.1. The molecule has 0 bridgehead atoms. The zero-order chi connectivity index (χ0) is 18.6. The van der Waals surface area contributed by atoms with Crippen LogP contribution < -0.4 is 14.8 Å². The number of carbonyl (C=O) groups is 1. The van der Waals surface area contributed by atoms with Gasteiger partial charge >= 0.3 is 6.61 Å². The van der Waals surface area contributed by atoms with Crippen molar-refractivity contribution in [1.29, 1.82) is 0 Å². The lowest BCUT2D eigenvalue weighted by molar-refractivity contribution is -0.0493. The molecule has 2 aromatic carbocycles. The fourth-order valence-electron chi connectivity index (χ4n) is 1.92. The highest BCUT2D eigenvalue weighted by Gasteiger charge is 2.19. The van der Waals surface area contributed by atoms with E-state index >= 15 is 0 Å². The Morgan fingerprint density at radius 3 is 2.52 bits per heavy atom. The summed E-state index contributed by atoms with van der Waals surface area (Å²) in [6.45, 7) is -3.06. The summed E-state index contributed by atoms with van der Waals surface area (Å²) in [6, 6.07) is 9.15. The maximum absolute atomic E-state index is 12.4. The van der Waals surface area contributed by atoms with Gasteiger partial charge in [0, 0.05) is 0 Å². The highest BCUT2D eigenvalue weighted by Crippen LogP contribution is 2.27. The minimum absolute atomic E-state index is 0.000174. The molecule has 0 aliphatic carbocycles. The fraction of sp³-hybridized carbons (Fsp3) is 0.133. The number of para-hydroxylation sites is 2. The molecule has 0 aliphatic rings. The maximum Gasteiger partial charge on any atom is 0.387 e. The fourth-order valence-corrected chi connectivity index (χ4v) is 2.88. The van der Waals surface area contributed by atoms with E-state index in [4.69, 9.17) is 11.6 Å². The third kappa shape index (κ3) is 4.65. The van der Waals surface area contributed by atoms with Crippen LogP contribution in [-0.2, 0) is 10.0 Å². The third-order valence-electron chi connectivity index (χ3n) is 3.11. The lowest BCUT2D eigenvalue weighted by atomic mass is 10.2. The Balaban J connectivity index is 2.35. The van der Waals surface area contributed by atoms with Crippen molar-refractivity contribution in [2.24, 2.45) is 0 Å². The number of alkyl halides is 2. The monoisotopic (exact) mass is 390 g/mol. The van der Waals surface area contributed by atoms with E-state index in [-0.39, 0.29) is 26.9 Å². The second-order valence-corrected chi connectivity index (χ2v) is 6.97. The van der Waals surface area contributed by atoms with Gasteiger partial charge in [0.1, 0.15) is 5.75 Å². The normalized spacial score (nSPS) is 11.4. The van der Waals surface area contributed by atoms with Crippen LogP contribution in [0.25, 0.3) is 0 Å². The van der Waals surface area contributed by atoms with Crippen LogP contribution in [0.4, 0.5) is 14.5 Å². The van der Waals surface area contributed by atoms with E-state index in [1.807, 2.05) is 0 Å². The molecule has 25 heavy (non-hydrogen) atoms. The zero-order valence-corrected chi connectivity index (χ0v) is 14.4. The summed E-state index contributed by atoms with van der Waals surface area (Å²) in [5.41, 5.74) is -0.143. The summed E-state index contributed by atoms with van der Waals surface area (Å²) < 4.78 is 54.9. The van der Waals surface area contributed by atoms with Gasteiger partial charge in [0.25, 0.3) is 5.91 Å². The van der Waals surface area contributed by atoms with Crippen LogP contribution >= 0.6 is 11.6 Å². The van der Waals surface area contributed by atoms with Crippen LogP contribution in [0.3, 0.4) is 0 Å². The van der Waals surface area contributed by atoms with Crippen molar-refractivity contribution >= 4 is 33.2 Å². The van der Waals surface area contributed by atoms with Gasteiger partial charge < -0.3 is 10.1 Å². The van der Waals surface area contributed by atoms with Gasteiger partial charge in [0.05, 0.1) is 21.2 Å². The Morgan fingerprint density at radius 2 is 1.88 bits per heavy atom. The SMILES string of the molecule is CNS(=O)(=O)c1ccc(Cl)c(C(=O)Nc2ccccc2OC(F)F)c1. The number of benzene rings is 2. The summed E-state index contributed by atoms with van der Waals surface area (Å²) in [7, 11) is -2.56. The van der Waals surface area contributed by atoms with Crippen molar-refractivity contribution in [1.82, 2.24) is 4.72 Å². The summed E-state index contributed by atoms with van der Waals surface area (Å²) in [4.78, 5) is 12.2. The van der Waals surface area contributed by atoms with Gasteiger partial charge in [-0.3, -0.25) is 4.79 Å². The van der Waals surface area contributed by atoms with Gasteiger partial charge in [-0.25, -0.2) is 13.1 Å². The minimum atomic E-state index is -3.78. The predicted octanol–water partition coefficient (Wildman–Crippen LogP) is 3.10. The standard InChI is InChI=1S/C15H13ClF2N2O4S/c1-19-25(22,23)9-6-7-11(16)10(8-9)14(21)20-12-4-2-3-5-13(12)24-15(17)18/h2-8,15,19H,1H3,(H,20,21). The van der Waals surface area contributed by atoms with Crippen molar-refractivity contribution in [3.63, 3.8) is 0 Å². The summed E-state index contributed by atoms with van der Waals surface area (Å²) in [6.07, 6.45) is 0. The molecule has 0 spiro atoms. The first-order valence-electron chi connectivity index (χ1n) is 6.83. The smallest absolute Gasteiger partial charge is 0.387 e. The van der Waals surface area contributed by atoms with E-state index in [1.165, 1.54) is 43.4 Å². The molecular formula is C15H13ClF2N2O4S. The molecular weight excluding hydrogens is 378 g/mol.